The first kappa shape index (κ1) is 21.2. The summed E-state index contributed by atoms with van der Waals surface area (Å²) in [4.78, 5) is 28.0. The zero-order valence-corrected chi connectivity index (χ0v) is 17.9. The maximum atomic E-state index is 13.7. The molecule has 1 N–H and O–H groups in total. The Morgan fingerprint density at radius 3 is 2.22 bits per heavy atom. The fraction of sp³-hybridized carbons (Fsp3) is 0.154. The second kappa shape index (κ2) is 8.98. The molecular weight excluding hydrogens is 404 g/mol. The van der Waals surface area contributed by atoms with Crippen LogP contribution in [0.1, 0.15) is 12.0 Å². The average Bonchev–Trinajstić information content (AvgIpc) is 2.82. The van der Waals surface area contributed by atoms with E-state index in [1.54, 1.807) is 44.6 Å². The number of para-hydroxylation sites is 4. The molecule has 1 aliphatic rings. The van der Waals surface area contributed by atoms with E-state index in [1.807, 2.05) is 60.7 Å². The quantitative estimate of drug-likeness (QED) is 0.562. The lowest BCUT2D eigenvalue weighted by molar-refractivity contribution is -0.134. The highest BCUT2D eigenvalue weighted by atomic mass is 16.5. The number of ether oxygens (including phenoxy) is 2. The van der Waals surface area contributed by atoms with Crippen LogP contribution in [-0.2, 0) is 9.59 Å². The molecular formula is C26H24N2O4. The number of nitrogens with zero attached hydrogens (tertiary/aromatic N) is 1. The van der Waals surface area contributed by atoms with E-state index in [-0.39, 0.29) is 18.2 Å². The van der Waals surface area contributed by atoms with Gasteiger partial charge in [0.25, 0.3) is 5.91 Å². The third kappa shape index (κ3) is 3.83. The standard InChI is InChI=1S/C26H24N2O4/c1-31-22-14-8-6-12-20(22)27-25(30)26(17-16-19-10-4-3-5-11-19)18-24(29)28(26)21-13-7-9-15-23(21)32-2/h3-17H,18H2,1-2H3,(H,27,30). The zero-order valence-electron chi connectivity index (χ0n) is 17.9. The summed E-state index contributed by atoms with van der Waals surface area (Å²) < 4.78 is 10.8. The number of benzene rings is 3. The van der Waals surface area contributed by atoms with Gasteiger partial charge in [-0.1, -0.05) is 60.7 Å². The minimum absolute atomic E-state index is 0.0371. The molecule has 6 nitrogen and oxygen atoms in total. The molecule has 162 valence electrons. The number of β-lactam (4-membered cyclic amide) rings is 1. The SMILES string of the molecule is COc1ccccc1NC(=O)C1(C=Cc2ccccc2)CC(=O)N1c1ccccc1OC. The number of methoxy groups -OCH3 is 2. The predicted octanol–water partition coefficient (Wildman–Crippen LogP) is 4.53. The molecule has 0 bridgehead atoms. The molecule has 4 rings (SSSR count). The Kier molecular flexibility index (Phi) is 5.94. The first-order valence-electron chi connectivity index (χ1n) is 10.2. The highest BCUT2D eigenvalue weighted by Gasteiger charge is 2.56. The normalized spacial score (nSPS) is 17.7. The van der Waals surface area contributed by atoms with Crippen LogP contribution < -0.4 is 19.7 Å². The Balaban J connectivity index is 1.77. The van der Waals surface area contributed by atoms with E-state index >= 15 is 0 Å². The van der Waals surface area contributed by atoms with Crippen molar-refractivity contribution in [1.82, 2.24) is 0 Å². The summed E-state index contributed by atoms with van der Waals surface area (Å²) in [5, 5.41) is 2.95. The molecule has 0 spiro atoms. The average molecular weight is 428 g/mol. The van der Waals surface area contributed by atoms with Crippen molar-refractivity contribution in [1.29, 1.82) is 0 Å². The molecule has 0 radical (unpaired) electrons. The van der Waals surface area contributed by atoms with Crippen LogP contribution in [0.4, 0.5) is 11.4 Å². The lowest BCUT2D eigenvalue weighted by Gasteiger charge is -2.49. The van der Waals surface area contributed by atoms with Crippen LogP contribution in [0.2, 0.25) is 0 Å². The topological polar surface area (TPSA) is 67.9 Å². The van der Waals surface area contributed by atoms with Crippen LogP contribution >= 0.6 is 0 Å². The van der Waals surface area contributed by atoms with Gasteiger partial charge < -0.3 is 14.8 Å². The maximum absolute atomic E-state index is 13.7. The van der Waals surface area contributed by atoms with Crippen LogP contribution in [0.25, 0.3) is 6.08 Å². The van der Waals surface area contributed by atoms with Gasteiger partial charge in [-0.3, -0.25) is 14.5 Å². The van der Waals surface area contributed by atoms with Crippen LogP contribution in [0.15, 0.2) is 84.9 Å². The van der Waals surface area contributed by atoms with E-state index in [1.165, 1.54) is 4.90 Å². The van der Waals surface area contributed by atoms with E-state index in [0.717, 1.165) is 5.56 Å². The fourth-order valence-corrected chi connectivity index (χ4v) is 3.85. The number of carbonyl (C=O) groups excluding carboxylic acids is 2. The Hall–Kier alpha value is -4.06. The van der Waals surface area contributed by atoms with Gasteiger partial charge in [0.2, 0.25) is 5.91 Å². The number of carbonyl (C=O) groups is 2. The zero-order chi connectivity index (χ0) is 22.6. The van der Waals surface area contributed by atoms with Gasteiger partial charge in [-0.25, -0.2) is 0 Å². The monoisotopic (exact) mass is 428 g/mol. The molecule has 0 saturated carbocycles. The summed E-state index contributed by atoms with van der Waals surface area (Å²) in [6.45, 7) is 0. The fourth-order valence-electron chi connectivity index (χ4n) is 3.85. The molecule has 0 aromatic heterocycles. The molecule has 1 fully saturated rings. The first-order chi connectivity index (χ1) is 15.6. The van der Waals surface area contributed by atoms with E-state index in [0.29, 0.717) is 22.9 Å². The van der Waals surface area contributed by atoms with Crippen LogP contribution in [0.5, 0.6) is 11.5 Å². The van der Waals surface area contributed by atoms with Crippen molar-refractivity contribution in [3.63, 3.8) is 0 Å². The molecule has 1 atom stereocenters. The van der Waals surface area contributed by atoms with Gasteiger partial charge in [-0.2, -0.15) is 0 Å². The van der Waals surface area contributed by atoms with E-state index in [2.05, 4.69) is 5.32 Å². The smallest absolute Gasteiger partial charge is 0.255 e. The van der Waals surface area contributed by atoms with Crippen molar-refractivity contribution in [2.24, 2.45) is 0 Å². The number of hydrogen-bond donors (Lipinski definition) is 1. The second-order valence-corrected chi connectivity index (χ2v) is 7.40. The Morgan fingerprint density at radius 1 is 0.906 bits per heavy atom. The molecule has 6 heteroatoms. The van der Waals surface area contributed by atoms with Gasteiger partial charge in [0, 0.05) is 0 Å². The number of anilines is 2. The predicted molar refractivity (Wildman–Crippen MR) is 125 cm³/mol. The van der Waals surface area contributed by atoms with Crippen LogP contribution in [-0.4, -0.2) is 31.6 Å². The van der Waals surface area contributed by atoms with E-state index in [4.69, 9.17) is 9.47 Å². The van der Waals surface area contributed by atoms with Crippen molar-refractivity contribution >= 4 is 29.3 Å². The molecule has 32 heavy (non-hydrogen) atoms. The molecule has 3 aromatic rings. The third-order valence-corrected chi connectivity index (χ3v) is 5.49. The number of hydrogen-bond acceptors (Lipinski definition) is 4. The molecule has 3 aromatic carbocycles. The van der Waals surface area contributed by atoms with Crippen molar-refractivity contribution in [3.8, 4) is 11.5 Å². The minimum atomic E-state index is -1.22. The number of nitrogens with one attached hydrogen (secondary N) is 1. The summed E-state index contributed by atoms with van der Waals surface area (Å²) in [6, 6.07) is 24.0. The number of rotatable bonds is 7. The largest absolute Gasteiger partial charge is 0.495 e. The lowest BCUT2D eigenvalue weighted by Crippen LogP contribution is -2.68. The van der Waals surface area contributed by atoms with E-state index < -0.39 is 5.54 Å². The van der Waals surface area contributed by atoms with Crippen LogP contribution in [0, 0.1) is 0 Å². The highest BCUT2D eigenvalue weighted by molar-refractivity contribution is 6.19. The van der Waals surface area contributed by atoms with Gasteiger partial charge in [0.1, 0.15) is 11.5 Å². The van der Waals surface area contributed by atoms with Gasteiger partial charge in [0.15, 0.2) is 5.54 Å². The molecule has 2 amide bonds. The van der Waals surface area contributed by atoms with Crippen molar-refractivity contribution in [2.45, 2.75) is 12.0 Å². The summed E-state index contributed by atoms with van der Waals surface area (Å²) in [6.07, 6.45) is 3.67. The minimum Gasteiger partial charge on any atom is -0.495 e. The highest BCUT2D eigenvalue weighted by Crippen LogP contribution is 2.44. The van der Waals surface area contributed by atoms with Crippen molar-refractivity contribution in [3.05, 3.63) is 90.5 Å². The Morgan fingerprint density at radius 2 is 1.53 bits per heavy atom. The Bertz CT molecular complexity index is 1160. The van der Waals surface area contributed by atoms with E-state index in [9.17, 15) is 9.59 Å². The summed E-state index contributed by atoms with van der Waals surface area (Å²) in [5.74, 6) is 0.558. The molecule has 1 unspecified atom stereocenters. The summed E-state index contributed by atoms with van der Waals surface area (Å²) in [5.41, 5.74) is 0.782. The number of amides is 2. The third-order valence-electron chi connectivity index (χ3n) is 5.49. The lowest BCUT2D eigenvalue weighted by atomic mass is 9.81. The van der Waals surface area contributed by atoms with Crippen LogP contribution in [0.3, 0.4) is 0 Å². The first-order valence-corrected chi connectivity index (χ1v) is 10.2. The van der Waals surface area contributed by atoms with Gasteiger partial charge in [0.05, 0.1) is 32.0 Å². The molecule has 1 saturated heterocycles. The van der Waals surface area contributed by atoms with Gasteiger partial charge in [-0.15, -0.1) is 0 Å². The summed E-state index contributed by atoms with van der Waals surface area (Å²) >= 11 is 0. The second-order valence-electron chi connectivity index (χ2n) is 7.40. The van der Waals surface area contributed by atoms with Crippen molar-refractivity contribution in [2.75, 3.05) is 24.4 Å². The molecule has 1 heterocycles. The molecule has 0 aliphatic carbocycles. The maximum Gasteiger partial charge on any atom is 0.255 e. The van der Waals surface area contributed by atoms with Gasteiger partial charge >= 0.3 is 0 Å². The summed E-state index contributed by atoms with van der Waals surface area (Å²) in [7, 11) is 3.09. The molecule has 1 aliphatic heterocycles. The Labute approximate surface area is 187 Å². The van der Waals surface area contributed by atoms with Crippen molar-refractivity contribution < 1.29 is 19.1 Å². The van der Waals surface area contributed by atoms with Gasteiger partial charge in [-0.05, 0) is 35.9 Å².